The normalized spacial score (nSPS) is 26.4. The highest BCUT2D eigenvalue weighted by atomic mass is 32.1. The van der Waals surface area contributed by atoms with Crippen LogP contribution in [0.3, 0.4) is 0 Å². The van der Waals surface area contributed by atoms with Crippen molar-refractivity contribution in [3.05, 3.63) is 11.1 Å². The van der Waals surface area contributed by atoms with Crippen molar-refractivity contribution in [2.24, 2.45) is 0 Å². The summed E-state index contributed by atoms with van der Waals surface area (Å²) in [6.07, 6.45) is 3.51. The fraction of sp³-hybridized carbons (Fsp3) is 0.818. The summed E-state index contributed by atoms with van der Waals surface area (Å²) in [5.41, 5.74) is 0.206. The number of hydrogen-bond acceptors (Lipinski definition) is 6. The van der Waals surface area contributed by atoms with E-state index >= 15 is 0 Å². The van der Waals surface area contributed by atoms with Gasteiger partial charge in [0.05, 0.1) is 24.5 Å². The maximum Gasteiger partial charge on any atom is 0.168 e. The molecule has 2 fully saturated rings. The molecule has 0 aromatic carbocycles. The number of hydrogen-bond donors (Lipinski definition) is 1. The molecule has 1 aromatic heterocycles. The first kappa shape index (κ1) is 11.5. The van der Waals surface area contributed by atoms with Gasteiger partial charge < -0.3 is 14.6 Å². The molecule has 0 amide bonds. The highest BCUT2D eigenvalue weighted by molar-refractivity contribution is 7.03. The van der Waals surface area contributed by atoms with Crippen molar-refractivity contribution in [2.75, 3.05) is 13.2 Å². The lowest BCUT2D eigenvalue weighted by atomic mass is 9.79. The van der Waals surface area contributed by atoms with Crippen molar-refractivity contribution in [3.8, 4) is 0 Å². The van der Waals surface area contributed by atoms with Gasteiger partial charge in [0.1, 0.15) is 0 Å². The third-order valence-electron chi connectivity index (χ3n) is 3.67. The van der Waals surface area contributed by atoms with E-state index in [4.69, 9.17) is 9.47 Å². The Morgan fingerprint density at radius 1 is 1.24 bits per heavy atom. The van der Waals surface area contributed by atoms with Crippen LogP contribution >= 0.6 is 11.5 Å². The van der Waals surface area contributed by atoms with Crippen LogP contribution in [0.25, 0.3) is 0 Å². The zero-order valence-electron chi connectivity index (χ0n) is 9.59. The minimum Gasteiger partial charge on any atom is -0.389 e. The Balaban J connectivity index is 1.63. The molecular formula is C11H16N2O3S. The molecule has 1 spiro atoms. The summed E-state index contributed by atoms with van der Waals surface area (Å²) in [7, 11) is 0. The van der Waals surface area contributed by atoms with Gasteiger partial charge in [0.25, 0.3) is 0 Å². The lowest BCUT2D eigenvalue weighted by Gasteiger charge is -2.40. The Bertz CT molecular complexity index is 366. The molecule has 1 aliphatic heterocycles. The Morgan fingerprint density at radius 2 is 1.94 bits per heavy atom. The molecule has 1 saturated heterocycles. The molecule has 1 N–H and O–H groups in total. The molecule has 3 rings (SSSR count). The van der Waals surface area contributed by atoms with Gasteiger partial charge in [0.2, 0.25) is 0 Å². The van der Waals surface area contributed by atoms with Crippen LogP contribution in [0.5, 0.6) is 0 Å². The minimum absolute atomic E-state index is 0.410. The quantitative estimate of drug-likeness (QED) is 0.859. The van der Waals surface area contributed by atoms with E-state index in [1.54, 1.807) is 0 Å². The van der Waals surface area contributed by atoms with Crippen molar-refractivity contribution in [1.29, 1.82) is 0 Å². The third kappa shape index (κ3) is 2.35. The Labute approximate surface area is 104 Å². The average molecular weight is 256 g/mol. The summed E-state index contributed by atoms with van der Waals surface area (Å²) in [4.78, 5) is 0. The van der Waals surface area contributed by atoms with E-state index < -0.39 is 11.4 Å². The van der Waals surface area contributed by atoms with Crippen LogP contribution in [0, 0.1) is 0 Å². The smallest absolute Gasteiger partial charge is 0.168 e. The van der Waals surface area contributed by atoms with Gasteiger partial charge in [-0.2, -0.15) is 0 Å². The summed E-state index contributed by atoms with van der Waals surface area (Å²) in [6.45, 7) is 1.35. The predicted molar refractivity (Wildman–Crippen MR) is 61.7 cm³/mol. The summed E-state index contributed by atoms with van der Waals surface area (Å²) in [6, 6.07) is 0. The topological polar surface area (TPSA) is 64.5 Å². The van der Waals surface area contributed by atoms with Gasteiger partial charge in [-0.05, 0) is 24.4 Å². The summed E-state index contributed by atoms with van der Waals surface area (Å²) < 4.78 is 15.1. The van der Waals surface area contributed by atoms with Crippen molar-refractivity contribution < 1.29 is 14.6 Å². The second kappa shape index (κ2) is 4.28. The van der Waals surface area contributed by atoms with Gasteiger partial charge in [0, 0.05) is 24.6 Å². The molecule has 2 heterocycles. The van der Waals surface area contributed by atoms with E-state index in [2.05, 4.69) is 9.59 Å². The van der Waals surface area contributed by atoms with Crippen molar-refractivity contribution in [3.63, 3.8) is 0 Å². The van der Waals surface area contributed by atoms with E-state index in [-0.39, 0.29) is 0 Å². The Kier molecular flexibility index (Phi) is 2.90. The Hall–Kier alpha value is -0.560. The largest absolute Gasteiger partial charge is 0.389 e. The van der Waals surface area contributed by atoms with Crippen molar-refractivity contribution in [1.82, 2.24) is 9.59 Å². The molecular weight excluding hydrogens is 240 g/mol. The van der Waals surface area contributed by atoms with Crippen LogP contribution in [0.1, 0.15) is 31.4 Å². The fourth-order valence-corrected chi connectivity index (χ4v) is 3.11. The molecule has 5 nitrogen and oxygen atoms in total. The van der Waals surface area contributed by atoms with Gasteiger partial charge in [-0.1, -0.05) is 4.49 Å². The number of ether oxygens (including phenoxy) is 2. The minimum atomic E-state index is -0.670. The second-order valence-electron chi connectivity index (χ2n) is 4.90. The molecule has 1 aliphatic carbocycles. The van der Waals surface area contributed by atoms with E-state index in [1.165, 1.54) is 11.5 Å². The summed E-state index contributed by atoms with van der Waals surface area (Å²) >= 11 is 1.32. The molecule has 1 saturated carbocycles. The molecule has 0 unspecified atom stereocenters. The van der Waals surface area contributed by atoms with E-state index in [9.17, 15) is 5.11 Å². The first-order chi connectivity index (χ1) is 8.20. The summed E-state index contributed by atoms with van der Waals surface area (Å²) in [5, 5.41) is 16.4. The average Bonchev–Trinajstić information content (AvgIpc) is 2.96. The highest BCUT2D eigenvalue weighted by Gasteiger charge is 2.45. The molecule has 2 aliphatic rings. The number of rotatable bonds is 2. The first-order valence-corrected chi connectivity index (χ1v) is 6.80. The second-order valence-corrected chi connectivity index (χ2v) is 5.51. The SMILES string of the molecule is OC1(Cc2csnn2)CCC2(CC1)OCCO2. The number of aromatic nitrogens is 2. The number of nitrogens with zero attached hydrogens (tertiary/aromatic N) is 2. The highest BCUT2D eigenvalue weighted by Crippen LogP contribution is 2.41. The van der Waals surface area contributed by atoms with Crippen LogP contribution in [-0.4, -0.2) is 39.3 Å². The molecule has 0 radical (unpaired) electrons. The third-order valence-corrected chi connectivity index (χ3v) is 4.22. The molecule has 94 valence electrons. The fourth-order valence-electron chi connectivity index (χ4n) is 2.66. The van der Waals surface area contributed by atoms with Gasteiger partial charge in [-0.15, -0.1) is 5.10 Å². The van der Waals surface area contributed by atoms with Crippen LogP contribution in [-0.2, 0) is 15.9 Å². The lowest BCUT2D eigenvalue weighted by molar-refractivity contribution is -0.202. The van der Waals surface area contributed by atoms with E-state index in [1.807, 2.05) is 5.38 Å². The van der Waals surface area contributed by atoms with Gasteiger partial charge in [-0.25, -0.2) is 0 Å². The Morgan fingerprint density at radius 3 is 2.53 bits per heavy atom. The maximum absolute atomic E-state index is 10.5. The van der Waals surface area contributed by atoms with Crippen LogP contribution in [0.4, 0.5) is 0 Å². The molecule has 0 bridgehead atoms. The van der Waals surface area contributed by atoms with Gasteiger partial charge in [-0.3, -0.25) is 0 Å². The van der Waals surface area contributed by atoms with Gasteiger partial charge >= 0.3 is 0 Å². The van der Waals surface area contributed by atoms with E-state index in [0.29, 0.717) is 32.5 Å². The molecule has 17 heavy (non-hydrogen) atoms. The predicted octanol–water partition coefficient (Wildman–Crippen LogP) is 1.13. The first-order valence-electron chi connectivity index (χ1n) is 5.96. The maximum atomic E-state index is 10.5. The number of aliphatic hydroxyl groups is 1. The molecule has 6 heteroatoms. The van der Waals surface area contributed by atoms with Crippen LogP contribution < -0.4 is 0 Å². The van der Waals surface area contributed by atoms with Crippen LogP contribution in [0.2, 0.25) is 0 Å². The molecule has 1 aromatic rings. The molecule has 0 atom stereocenters. The zero-order chi connectivity index (χ0) is 11.8. The standard InChI is InChI=1S/C11H16N2O3S/c14-10(7-9-8-17-13-12-9)1-3-11(4-2-10)15-5-6-16-11/h8,14H,1-7H2. The van der Waals surface area contributed by atoms with Crippen molar-refractivity contribution in [2.45, 2.75) is 43.5 Å². The van der Waals surface area contributed by atoms with Crippen LogP contribution in [0.15, 0.2) is 5.38 Å². The monoisotopic (exact) mass is 256 g/mol. The van der Waals surface area contributed by atoms with Gasteiger partial charge in [0.15, 0.2) is 5.79 Å². The zero-order valence-corrected chi connectivity index (χ0v) is 10.4. The van der Waals surface area contributed by atoms with Crippen molar-refractivity contribution >= 4 is 11.5 Å². The van der Waals surface area contributed by atoms with E-state index in [0.717, 1.165) is 18.5 Å². The summed E-state index contributed by atoms with van der Waals surface area (Å²) in [5.74, 6) is -0.410. The lowest BCUT2D eigenvalue weighted by Crippen LogP contribution is -2.44.